The van der Waals surface area contributed by atoms with Gasteiger partial charge in [0.05, 0.1) is 12.2 Å². The van der Waals surface area contributed by atoms with Crippen LogP contribution in [0.25, 0.3) is 0 Å². The van der Waals surface area contributed by atoms with Gasteiger partial charge in [-0.3, -0.25) is 0 Å². The van der Waals surface area contributed by atoms with Crippen LogP contribution in [-0.2, 0) is 18.3 Å². The Hall–Kier alpha value is -2.78. The fourth-order valence-corrected chi connectivity index (χ4v) is 6.43. The normalized spacial score (nSPS) is 23.3. The Labute approximate surface area is 205 Å². The van der Waals surface area contributed by atoms with Crippen LogP contribution in [0, 0.1) is 28.1 Å². The van der Waals surface area contributed by atoms with Gasteiger partial charge in [0.1, 0.15) is 23.5 Å². The first-order valence-corrected chi connectivity index (χ1v) is 13.3. The maximum Gasteiger partial charge on any atom is 0.138 e. The van der Waals surface area contributed by atoms with Gasteiger partial charge in [-0.2, -0.15) is 10.5 Å². The molecular formula is C31H38N2O. The van der Waals surface area contributed by atoms with Crippen molar-refractivity contribution in [2.75, 3.05) is 6.61 Å². The summed E-state index contributed by atoms with van der Waals surface area (Å²) in [7, 11) is 0. The zero-order chi connectivity index (χ0) is 24.0. The molecule has 178 valence electrons. The maximum absolute atomic E-state index is 9.76. The molecule has 0 saturated heterocycles. The largest absolute Gasteiger partial charge is 0.492 e. The van der Waals surface area contributed by atoms with E-state index in [4.69, 9.17) is 4.74 Å². The molecule has 3 saturated carbocycles. The van der Waals surface area contributed by atoms with Crippen LogP contribution in [-0.4, -0.2) is 6.61 Å². The summed E-state index contributed by atoms with van der Waals surface area (Å²) in [5.41, 5.74) is 5.63. The first kappa shape index (κ1) is 24.3. The summed E-state index contributed by atoms with van der Waals surface area (Å²) in [6, 6.07) is 17.6. The van der Waals surface area contributed by atoms with E-state index in [1.54, 1.807) is 0 Å². The first-order chi connectivity index (χ1) is 16.6. The second-order valence-electron chi connectivity index (χ2n) is 10.6. The predicted octanol–water partition coefficient (Wildman–Crippen LogP) is 7.79. The maximum atomic E-state index is 9.76. The van der Waals surface area contributed by atoms with Crippen LogP contribution < -0.4 is 4.74 Å². The average Bonchev–Trinajstić information content (AvgIpc) is 2.89. The molecule has 3 aliphatic rings. The second kappa shape index (κ2) is 10.7. The molecule has 2 bridgehead atoms. The number of nitriles is 2. The molecule has 2 aromatic carbocycles. The van der Waals surface area contributed by atoms with Crippen molar-refractivity contribution in [3.63, 3.8) is 0 Å². The lowest BCUT2D eigenvalue weighted by Gasteiger charge is -2.54. The summed E-state index contributed by atoms with van der Waals surface area (Å²) in [5, 5.41) is 19.4. The predicted molar refractivity (Wildman–Crippen MR) is 137 cm³/mol. The monoisotopic (exact) mass is 454 g/mol. The summed E-state index contributed by atoms with van der Waals surface area (Å²) in [6.07, 6.45) is 14.6. The number of rotatable bonds is 10. The molecule has 0 heterocycles. The minimum absolute atomic E-state index is 0.374. The van der Waals surface area contributed by atoms with E-state index in [2.05, 4.69) is 50.3 Å². The summed E-state index contributed by atoms with van der Waals surface area (Å²) < 4.78 is 5.77. The van der Waals surface area contributed by atoms with E-state index in [-0.39, 0.29) is 0 Å². The molecule has 0 atom stereocenters. The molecule has 3 aliphatic carbocycles. The van der Waals surface area contributed by atoms with Gasteiger partial charge in [0.25, 0.3) is 0 Å². The minimum atomic E-state index is 0.374. The number of ether oxygens (including phenoxy) is 1. The third-order valence-corrected chi connectivity index (χ3v) is 8.66. The quantitative estimate of drug-likeness (QED) is 0.344. The molecule has 0 N–H and O–H groups in total. The molecular weight excluding hydrogens is 416 g/mol. The van der Waals surface area contributed by atoms with E-state index in [1.165, 1.54) is 62.5 Å². The van der Waals surface area contributed by atoms with Gasteiger partial charge in [-0.05, 0) is 97.8 Å². The van der Waals surface area contributed by atoms with Crippen molar-refractivity contribution in [2.45, 2.75) is 96.3 Å². The van der Waals surface area contributed by atoms with Crippen LogP contribution in [0.1, 0.15) is 106 Å². The van der Waals surface area contributed by atoms with E-state index in [1.807, 2.05) is 12.1 Å². The number of hydrogen-bond donors (Lipinski definition) is 0. The molecule has 0 aromatic heterocycles. The van der Waals surface area contributed by atoms with Crippen molar-refractivity contribution >= 4 is 0 Å². The Morgan fingerprint density at radius 1 is 0.794 bits per heavy atom. The van der Waals surface area contributed by atoms with Crippen LogP contribution in [0.15, 0.2) is 36.4 Å². The standard InChI is InChI=1S/C31H38N2O/c1-3-5-21-34-29-13-10-25(27(22-32)28(29)23-33)9-6-24-7-11-26(12-8-24)31-18-15-30(14-4-2,16-19-31)17-20-31/h7-8,10-13H,3-6,9,14-21H2,1-2H3. The Morgan fingerprint density at radius 2 is 1.47 bits per heavy atom. The van der Waals surface area contributed by atoms with Crippen molar-refractivity contribution in [1.82, 2.24) is 0 Å². The van der Waals surface area contributed by atoms with Crippen molar-refractivity contribution in [3.05, 3.63) is 64.2 Å². The van der Waals surface area contributed by atoms with Crippen molar-refractivity contribution in [2.24, 2.45) is 5.41 Å². The summed E-state index contributed by atoms with van der Waals surface area (Å²) in [4.78, 5) is 0. The molecule has 5 rings (SSSR count). The third kappa shape index (κ3) is 4.86. The molecule has 34 heavy (non-hydrogen) atoms. The van der Waals surface area contributed by atoms with Gasteiger partial charge in [0, 0.05) is 0 Å². The lowest BCUT2D eigenvalue weighted by atomic mass is 9.51. The van der Waals surface area contributed by atoms with Gasteiger partial charge in [0.15, 0.2) is 0 Å². The molecule has 0 aliphatic heterocycles. The Morgan fingerprint density at radius 3 is 2.06 bits per heavy atom. The SMILES string of the molecule is CCCCOc1ccc(CCc2ccc(C34CCC(CCC)(CC3)CC4)cc2)c(C#N)c1C#N. The average molecular weight is 455 g/mol. The van der Waals surface area contributed by atoms with Crippen molar-refractivity contribution in [1.29, 1.82) is 10.5 Å². The van der Waals surface area contributed by atoms with Gasteiger partial charge in [-0.25, -0.2) is 0 Å². The summed E-state index contributed by atoms with van der Waals surface area (Å²) in [6.45, 7) is 5.01. The zero-order valence-corrected chi connectivity index (χ0v) is 21.0. The van der Waals surface area contributed by atoms with E-state index >= 15 is 0 Å². The van der Waals surface area contributed by atoms with Crippen LogP contribution in [0.4, 0.5) is 0 Å². The number of hydrogen-bond acceptors (Lipinski definition) is 3. The van der Waals surface area contributed by atoms with Gasteiger partial charge < -0.3 is 4.74 Å². The smallest absolute Gasteiger partial charge is 0.138 e. The second-order valence-corrected chi connectivity index (χ2v) is 10.6. The number of fused-ring (bicyclic) bond motifs is 3. The van der Waals surface area contributed by atoms with Crippen LogP contribution in [0.2, 0.25) is 0 Å². The third-order valence-electron chi connectivity index (χ3n) is 8.66. The minimum Gasteiger partial charge on any atom is -0.492 e. The molecule has 3 heteroatoms. The highest BCUT2D eigenvalue weighted by Crippen LogP contribution is 2.59. The fraction of sp³-hybridized carbons (Fsp3) is 0.548. The number of unbranched alkanes of at least 4 members (excludes halogenated alkanes) is 1. The van der Waals surface area contributed by atoms with Crippen LogP contribution >= 0.6 is 0 Å². The highest BCUT2D eigenvalue weighted by Gasteiger charge is 2.48. The lowest BCUT2D eigenvalue weighted by molar-refractivity contribution is 0.0320. The van der Waals surface area contributed by atoms with E-state index in [0.717, 1.165) is 31.2 Å². The van der Waals surface area contributed by atoms with Crippen molar-refractivity contribution < 1.29 is 4.74 Å². The molecule has 2 aromatic rings. The Kier molecular flexibility index (Phi) is 7.63. The van der Waals surface area contributed by atoms with Crippen molar-refractivity contribution in [3.8, 4) is 17.9 Å². The Balaban J connectivity index is 1.42. The molecule has 0 unspecified atom stereocenters. The van der Waals surface area contributed by atoms with Gasteiger partial charge >= 0.3 is 0 Å². The molecule has 0 spiro atoms. The Bertz CT molecular complexity index is 1050. The number of benzene rings is 2. The van der Waals surface area contributed by atoms with E-state index < -0.39 is 0 Å². The molecule has 3 fully saturated rings. The number of aryl methyl sites for hydroxylation is 2. The summed E-state index contributed by atoms with van der Waals surface area (Å²) in [5.74, 6) is 0.530. The lowest BCUT2D eigenvalue weighted by Crippen LogP contribution is -2.44. The van der Waals surface area contributed by atoms with Crippen LogP contribution in [0.3, 0.4) is 0 Å². The number of nitrogens with zero attached hydrogens (tertiary/aromatic N) is 2. The highest BCUT2D eigenvalue weighted by molar-refractivity contribution is 5.58. The summed E-state index contributed by atoms with van der Waals surface area (Å²) >= 11 is 0. The van der Waals surface area contributed by atoms with Crippen LogP contribution in [0.5, 0.6) is 5.75 Å². The van der Waals surface area contributed by atoms with E-state index in [0.29, 0.717) is 34.3 Å². The molecule has 0 amide bonds. The topological polar surface area (TPSA) is 56.8 Å². The van der Waals surface area contributed by atoms with E-state index in [9.17, 15) is 10.5 Å². The van der Waals surface area contributed by atoms with Gasteiger partial charge in [0.2, 0.25) is 0 Å². The van der Waals surface area contributed by atoms with Gasteiger partial charge in [-0.1, -0.05) is 57.0 Å². The first-order valence-electron chi connectivity index (χ1n) is 13.3. The molecule has 3 nitrogen and oxygen atoms in total. The van der Waals surface area contributed by atoms with Gasteiger partial charge in [-0.15, -0.1) is 0 Å². The molecule has 0 radical (unpaired) electrons. The zero-order valence-electron chi connectivity index (χ0n) is 21.0. The fourth-order valence-electron chi connectivity index (χ4n) is 6.43. The highest BCUT2D eigenvalue weighted by atomic mass is 16.5.